The van der Waals surface area contributed by atoms with Gasteiger partial charge in [-0.2, -0.15) is 0 Å². The molecule has 0 saturated carbocycles. The molecule has 60 valence electrons. The summed E-state index contributed by atoms with van der Waals surface area (Å²) in [6.07, 6.45) is 0. The quantitative estimate of drug-likeness (QED) is 0.660. The maximum absolute atomic E-state index is 5.77. The molecule has 1 fully saturated rings. The van der Waals surface area contributed by atoms with Crippen LogP contribution in [0.5, 0.6) is 0 Å². The van der Waals surface area contributed by atoms with Crippen LogP contribution in [0, 0.1) is 0 Å². The van der Waals surface area contributed by atoms with Crippen LogP contribution in [0.15, 0.2) is 0 Å². The third-order valence-corrected chi connectivity index (χ3v) is 2.13. The number of rotatable bonds is 2. The topological polar surface area (TPSA) is 12.5 Å². The second-order valence-electron chi connectivity index (χ2n) is 2.27. The van der Waals surface area contributed by atoms with Gasteiger partial charge in [0.2, 0.25) is 0 Å². The summed E-state index contributed by atoms with van der Waals surface area (Å²) in [5, 5.41) is 1.01. The molecule has 1 heterocycles. The van der Waals surface area contributed by atoms with Crippen molar-refractivity contribution in [1.82, 2.24) is 4.90 Å². The van der Waals surface area contributed by atoms with E-state index in [1.807, 2.05) is 0 Å². The molecule has 2 nitrogen and oxygen atoms in total. The van der Waals surface area contributed by atoms with Gasteiger partial charge in [-0.15, -0.1) is 0 Å². The van der Waals surface area contributed by atoms with Crippen molar-refractivity contribution in [2.75, 3.05) is 31.6 Å². The van der Waals surface area contributed by atoms with Crippen molar-refractivity contribution in [2.45, 2.75) is 5.56 Å². The molecule has 1 saturated heterocycles. The third kappa shape index (κ3) is 2.74. The van der Waals surface area contributed by atoms with E-state index in [1.165, 1.54) is 0 Å². The smallest absolute Gasteiger partial charge is 0.143 e. The van der Waals surface area contributed by atoms with Crippen molar-refractivity contribution in [3.8, 4) is 0 Å². The molecule has 1 rings (SSSR count). The van der Waals surface area contributed by atoms with E-state index in [2.05, 4.69) is 20.8 Å². The lowest BCUT2D eigenvalue weighted by Crippen LogP contribution is -2.40. The number of hydrogen-bond donors (Lipinski definition) is 0. The van der Waals surface area contributed by atoms with Gasteiger partial charge in [0, 0.05) is 25.0 Å². The first-order chi connectivity index (χ1) is 4.83. The number of nitrogens with zero attached hydrogens (tertiary/aromatic N) is 1. The number of morpholine rings is 1. The molecule has 0 amide bonds. The Labute approximate surface area is 74.6 Å². The van der Waals surface area contributed by atoms with Gasteiger partial charge >= 0.3 is 0 Å². The molecule has 10 heavy (non-hydrogen) atoms. The van der Waals surface area contributed by atoms with Gasteiger partial charge < -0.3 is 4.74 Å². The Bertz CT molecular complexity index is 102. The zero-order chi connectivity index (χ0) is 7.40. The maximum Gasteiger partial charge on any atom is 0.143 e. The Morgan fingerprint density at radius 2 is 2.50 bits per heavy atom. The van der Waals surface area contributed by atoms with E-state index < -0.39 is 0 Å². The molecule has 4 heteroatoms. The lowest BCUT2D eigenvalue weighted by molar-refractivity contribution is 0.0170. The fourth-order valence-corrected chi connectivity index (χ4v) is 1.77. The zero-order valence-electron chi connectivity index (χ0n) is 5.72. The number of hydrogen-bond acceptors (Lipinski definition) is 2. The van der Waals surface area contributed by atoms with Gasteiger partial charge in [-0.3, -0.25) is 4.90 Å². The molecule has 0 aromatic carbocycles. The summed E-state index contributed by atoms with van der Waals surface area (Å²) >= 11 is 9.15. The summed E-state index contributed by atoms with van der Waals surface area (Å²) < 4.78 is 5.16. The lowest BCUT2D eigenvalue weighted by atomic mass is 10.4. The Kier molecular flexibility index (Phi) is 3.99. The highest BCUT2D eigenvalue weighted by Gasteiger charge is 2.16. The van der Waals surface area contributed by atoms with Crippen molar-refractivity contribution in [3.05, 3.63) is 0 Å². The summed E-state index contributed by atoms with van der Waals surface area (Å²) in [6.45, 7) is 3.69. The largest absolute Gasteiger partial charge is 0.360 e. The van der Waals surface area contributed by atoms with Crippen LogP contribution >= 0.6 is 27.5 Å². The first-order valence-electron chi connectivity index (χ1n) is 3.37. The first kappa shape index (κ1) is 8.78. The van der Waals surface area contributed by atoms with E-state index in [4.69, 9.17) is 16.3 Å². The number of halogens is 2. The molecule has 1 aliphatic heterocycles. The molecule has 0 radical (unpaired) electrons. The van der Waals surface area contributed by atoms with Gasteiger partial charge in [0.05, 0.1) is 6.61 Å². The van der Waals surface area contributed by atoms with Crippen LogP contribution < -0.4 is 0 Å². The first-order valence-corrected chi connectivity index (χ1v) is 4.92. The van der Waals surface area contributed by atoms with Gasteiger partial charge in [-0.25, -0.2) is 0 Å². The molecule has 1 unspecified atom stereocenters. The van der Waals surface area contributed by atoms with Crippen LogP contribution in [-0.2, 0) is 4.74 Å². The van der Waals surface area contributed by atoms with Crippen molar-refractivity contribution in [3.63, 3.8) is 0 Å². The molecule has 0 aromatic rings. The molecular weight excluding hydrogens is 217 g/mol. The maximum atomic E-state index is 5.77. The molecule has 0 aromatic heterocycles. The predicted molar refractivity (Wildman–Crippen MR) is 45.8 cm³/mol. The van der Waals surface area contributed by atoms with E-state index >= 15 is 0 Å². The van der Waals surface area contributed by atoms with Gasteiger partial charge in [0.15, 0.2) is 0 Å². The Hall–Kier alpha value is 0.690. The van der Waals surface area contributed by atoms with Gasteiger partial charge in [-0.05, 0) is 0 Å². The van der Waals surface area contributed by atoms with Crippen LogP contribution in [0.25, 0.3) is 0 Å². The average molecular weight is 229 g/mol. The summed E-state index contributed by atoms with van der Waals surface area (Å²) in [5.74, 6) is 0. The van der Waals surface area contributed by atoms with E-state index in [0.29, 0.717) is 0 Å². The van der Waals surface area contributed by atoms with Gasteiger partial charge in [0.25, 0.3) is 0 Å². The Morgan fingerprint density at radius 3 is 3.10 bits per heavy atom. The number of alkyl halides is 2. The van der Waals surface area contributed by atoms with E-state index in [0.717, 1.165) is 31.6 Å². The van der Waals surface area contributed by atoms with Crippen LogP contribution in [0.1, 0.15) is 0 Å². The standard InChI is InChI=1S/C6H11BrClNO/c7-1-2-9-3-4-10-6(8)5-9/h6H,1-5H2. The van der Waals surface area contributed by atoms with Crippen molar-refractivity contribution in [1.29, 1.82) is 0 Å². The van der Waals surface area contributed by atoms with Crippen LogP contribution in [0.2, 0.25) is 0 Å². The van der Waals surface area contributed by atoms with Crippen molar-refractivity contribution >= 4 is 27.5 Å². The summed E-state index contributed by atoms with van der Waals surface area (Å²) in [5.41, 5.74) is -0.104. The molecule has 0 spiro atoms. The summed E-state index contributed by atoms with van der Waals surface area (Å²) in [7, 11) is 0. The molecule has 1 aliphatic rings. The minimum Gasteiger partial charge on any atom is -0.360 e. The Balaban J connectivity index is 2.18. The fourth-order valence-electron chi connectivity index (χ4n) is 0.979. The van der Waals surface area contributed by atoms with E-state index in [-0.39, 0.29) is 5.56 Å². The highest BCUT2D eigenvalue weighted by molar-refractivity contribution is 9.09. The average Bonchev–Trinajstić information content (AvgIpc) is 1.88. The zero-order valence-corrected chi connectivity index (χ0v) is 8.07. The predicted octanol–water partition coefficient (Wildman–Crippen LogP) is 1.28. The van der Waals surface area contributed by atoms with Crippen LogP contribution in [0.4, 0.5) is 0 Å². The number of ether oxygens (including phenoxy) is 1. The lowest BCUT2D eigenvalue weighted by Gasteiger charge is -2.28. The molecule has 1 atom stereocenters. The molecule has 0 N–H and O–H groups in total. The molecular formula is C6H11BrClNO. The minimum absolute atomic E-state index is 0.104. The van der Waals surface area contributed by atoms with Crippen molar-refractivity contribution < 1.29 is 4.74 Å². The monoisotopic (exact) mass is 227 g/mol. The highest BCUT2D eigenvalue weighted by Crippen LogP contribution is 2.07. The minimum atomic E-state index is -0.104. The molecule has 0 aliphatic carbocycles. The molecule has 0 bridgehead atoms. The third-order valence-electron chi connectivity index (χ3n) is 1.51. The van der Waals surface area contributed by atoms with Crippen LogP contribution in [0.3, 0.4) is 0 Å². The Morgan fingerprint density at radius 1 is 1.70 bits per heavy atom. The fraction of sp³-hybridized carbons (Fsp3) is 1.00. The SMILES string of the molecule is ClC1CN(CCBr)CCO1. The normalized spacial score (nSPS) is 28.8. The summed E-state index contributed by atoms with van der Waals surface area (Å²) in [4.78, 5) is 2.29. The van der Waals surface area contributed by atoms with E-state index in [9.17, 15) is 0 Å². The summed E-state index contributed by atoms with van der Waals surface area (Å²) in [6, 6.07) is 0. The highest BCUT2D eigenvalue weighted by atomic mass is 79.9. The van der Waals surface area contributed by atoms with Gasteiger partial charge in [-0.1, -0.05) is 27.5 Å². The second kappa shape index (κ2) is 4.54. The van der Waals surface area contributed by atoms with Gasteiger partial charge in [0.1, 0.15) is 5.56 Å². The second-order valence-corrected chi connectivity index (χ2v) is 3.55. The van der Waals surface area contributed by atoms with Crippen molar-refractivity contribution in [2.24, 2.45) is 0 Å². The van der Waals surface area contributed by atoms with Crippen LogP contribution in [-0.4, -0.2) is 42.0 Å². The van der Waals surface area contributed by atoms with E-state index in [1.54, 1.807) is 0 Å².